The van der Waals surface area contributed by atoms with Gasteiger partial charge in [0.25, 0.3) is 0 Å². The summed E-state index contributed by atoms with van der Waals surface area (Å²) in [6.07, 6.45) is 3.53. The summed E-state index contributed by atoms with van der Waals surface area (Å²) in [7, 11) is 1.63. The van der Waals surface area contributed by atoms with E-state index in [-0.39, 0.29) is 12.1 Å². The number of anilines is 1. The third-order valence-electron chi connectivity index (χ3n) is 4.05. The van der Waals surface area contributed by atoms with Crippen molar-refractivity contribution in [2.75, 3.05) is 19.0 Å². The van der Waals surface area contributed by atoms with Gasteiger partial charge in [-0.25, -0.2) is 9.78 Å². The van der Waals surface area contributed by atoms with Gasteiger partial charge in [0.05, 0.1) is 6.04 Å². The molecule has 0 radical (unpaired) electrons. The number of carbonyl (C=O) groups excluding carboxylic acids is 1. The molecule has 2 amide bonds. The lowest BCUT2D eigenvalue weighted by atomic mass is 10.2. The number of aromatic nitrogens is 1. The number of pyridine rings is 1. The minimum absolute atomic E-state index is 0.0374. The molecular weight excluding hydrogens is 294 g/mol. The van der Waals surface area contributed by atoms with Crippen molar-refractivity contribution in [1.82, 2.24) is 9.88 Å². The first-order chi connectivity index (χ1) is 11.2. The normalized spacial score (nSPS) is 17.5. The summed E-state index contributed by atoms with van der Waals surface area (Å²) in [6, 6.07) is 7.42. The van der Waals surface area contributed by atoms with Crippen molar-refractivity contribution in [2.24, 2.45) is 0 Å². The fourth-order valence-corrected chi connectivity index (χ4v) is 2.89. The number of rotatable bonds is 4. The molecule has 0 spiro atoms. The maximum atomic E-state index is 12.6. The Bertz CT molecular complexity index is 683. The topological polar surface area (TPSA) is 67.6 Å². The molecule has 3 heterocycles. The zero-order valence-electron chi connectivity index (χ0n) is 13.4. The SMILES string of the molecule is COCc1ccc([C@@H]2CCCN2C(=O)Nc2ncccc2C)o1. The molecule has 122 valence electrons. The zero-order valence-corrected chi connectivity index (χ0v) is 13.4. The highest BCUT2D eigenvalue weighted by Gasteiger charge is 2.32. The van der Waals surface area contributed by atoms with Gasteiger partial charge in [0.15, 0.2) is 0 Å². The molecule has 0 unspecified atom stereocenters. The van der Waals surface area contributed by atoms with Crippen LogP contribution in [0.4, 0.5) is 10.6 Å². The van der Waals surface area contributed by atoms with Gasteiger partial charge >= 0.3 is 6.03 Å². The highest BCUT2D eigenvalue weighted by atomic mass is 16.5. The second kappa shape index (κ2) is 6.83. The van der Waals surface area contributed by atoms with Gasteiger partial charge in [-0.2, -0.15) is 0 Å². The van der Waals surface area contributed by atoms with Crippen LogP contribution in [0.25, 0.3) is 0 Å². The maximum absolute atomic E-state index is 12.6. The van der Waals surface area contributed by atoms with Gasteiger partial charge in [-0.05, 0) is 43.5 Å². The molecule has 23 heavy (non-hydrogen) atoms. The third kappa shape index (κ3) is 3.37. The fraction of sp³-hybridized carbons (Fsp3) is 0.412. The molecular formula is C17H21N3O3. The van der Waals surface area contributed by atoms with Crippen molar-refractivity contribution in [2.45, 2.75) is 32.4 Å². The summed E-state index contributed by atoms with van der Waals surface area (Å²) in [5.41, 5.74) is 0.942. The fourth-order valence-electron chi connectivity index (χ4n) is 2.89. The van der Waals surface area contributed by atoms with Crippen LogP contribution in [0.15, 0.2) is 34.9 Å². The van der Waals surface area contributed by atoms with Crippen molar-refractivity contribution < 1.29 is 13.9 Å². The molecule has 0 aromatic carbocycles. The summed E-state index contributed by atoms with van der Waals surface area (Å²) in [5.74, 6) is 2.18. The Balaban J connectivity index is 1.73. The van der Waals surface area contributed by atoms with E-state index in [4.69, 9.17) is 9.15 Å². The number of likely N-dealkylation sites (tertiary alicyclic amines) is 1. The number of carbonyl (C=O) groups is 1. The number of hydrogen-bond donors (Lipinski definition) is 1. The minimum atomic E-state index is -0.140. The van der Waals surface area contributed by atoms with Crippen LogP contribution in [-0.4, -0.2) is 29.6 Å². The van der Waals surface area contributed by atoms with Gasteiger partial charge < -0.3 is 14.1 Å². The number of methoxy groups -OCH3 is 1. The summed E-state index contributed by atoms with van der Waals surface area (Å²) in [4.78, 5) is 18.6. The monoisotopic (exact) mass is 315 g/mol. The molecule has 6 heteroatoms. The lowest BCUT2D eigenvalue weighted by molar-refractivity contribution is 0.157. The largest absolute Gasteiger partial charge is 0.461 e. The van der Waals surface area contributed by atoms with E-state index in [1.807, 2.05) is 36.1 Å². The molecule has 1 aliphatic heterocycles. The minimum Gasteiger partial charge on any atom is -0.461 e. The molecule has 0 aliphatic carbocycles. The van der Waals surface area contributed by atoms with Gasteiger partial charge in [-0.3, -0.25) is 5.32 Å². The van der Waals surface area contributed by atoms with Crippen molar-refractivity contribution in [3.8, 4) is 0 Å². The van der Waals surface area contributed by atoms with Gasteiger partial charge in [0.2, 0.25) is 0 Å². The predicted octanol–water partition coefficient (Wildman–Crippen LogP) is 3.50. The molecule has 3 rings (SSSR count). The van der Waals surface area contributed by atoms with Gasteiger partial charge in [-0.1, -0.05) is 6.07 Å². The Labute approximate surface area is 135 Å². The van der Waals surface area contributed by atoms with E-state index in [0.29, 0.717) is 19.0 Å². The Kier molecular flexibility index (Phi) is 4.62. The number of hydrogen-bond acceptors (Lipinski definition) is 4. The van der Waals surface area contributed by atoms with Crippen LogP contribution in [0.1, 0.15) is 36.0 Å². The van der Waals surface area contributed by atoms with Gasteiger partial charge in [0, 0.05) is 19.9 Å². The average molecular weight is 315 g/mol. The first kappa shape index (κ1) is 15.6. The standard InChI is InChI=1S/C17H21N3O3/c1-12-5-3-9-18-16(12)19-17(21)20-10-4-6-14(20)15-8-7-13(23-15)11-22-2/h3,5,7-9,14H,4,6,10-11H2,1-2H3,(H,18,19,21)/t14-/m0/s1. The Morgan fingerprint density at radius 1 is 1.48 bits per heavy atom. The van der Waals surface area contributed by atoms with Crippen LogP contribution in [0.3, 0.4) is 0 Å². The highest BCUT2D eigenvalue weighted by Crippen LogP contribution is 2.33. The van der Waals surface area contributed by atoms with Crippen molar-refractivity contribution >= 4 is 11.8 Å². The van der Waals surface area contributed by atoms with E-state index >= 15 is 0 Å². The second-order valence-electron chi connectivity index (χ2n) is 5.69. The van der Waals surface area contributed by atoms with E-state index in [1.54, 1.807) is 13.3 Å². The van der Waals surface area contributed by atoms with Crippen LogP contribution in [0, 0.1) is 6.92 Å². The maximum Gasteiger partial charge on any atom is 0.323 e. The molecule has 6 nitrogen and oxygen atoms in total. The van der Waals surface area contributed by atoms with Crippen molar-refractivity contribution in [3.63, 3.8) is 0 Å². The summed E-state index contributed by atoms with van der Waals surface area (Å²) in [6.45, 7) is 3.07. The molecule has 1 atom stereocenters. The number of aryl methyl sites for hydroxylation is 1. The lowest BCUT2D eigenvalue weighted by Crippen LogP contribution is -2.34. The smallest absolute Gasteiger partial charge is 0.323 e. The van der Waals surface area contributed by atoms with Crippen molar-refractivity contribution in [1.29, 1.82) is 0 Å². The van der Waals surface area contributed by atoms with E-state index in [2.05, 4.69) is 10.3 Å². The zero-order chi connectivity index (χ0) is 16.2. The van der Waals surface area contributed by atoms with E-state index < -0.39 is 0 Å². The Hall–Kier alpha value is -2.34. The number of furan rings is 1. The summed E-state index contributed by atoms with van der Waals surface area (Å²) >= 11 is 0. The number of urea groups is 1. The molecule has 1 saturated heterocycles. The molecule has 2 aromatic heterocycles. The van der Waals surface area contributed by atoms with E-state index in [9.17, 15) is 4.79 Å². The van der Waals surface area contributed by atoms with Crippen LogP contribution in [0.5, 0.6) is 0 Å². The third-order valence-corrected chi connectivity index (χ3v) is 4.05. The summed E-state index contributed by atoms with van der Waals surface area (Å²) < 4.78 is 10.9. The van der Waals surface area contributed by atoms with Crippen molar-refractivity contribution in [3.05, 3.63) is 47.5 Å². The van der Waals surface area contributed by atoms with Crippen LogP contribution < -0.4 is 5.32 Å². The first-order valence-corrected chi connectivity index (χ1v) is 7.76. The molecule has 1 aliphatic rings. The van der Waals surface area contributed by atoms with Crippen LogP contribution >= 0.6 is 0 Å². The lowest BCUT2D eigenvalue weighted by Gasteiger charge is -2.23. The highest BCUT2D eigenvalue weighted by molar-refractivity contribution is 5.89. The Morgan fingerprint density at radius 2 is 2.35 bits per heavy atom. The molecule has 2 aromatic rings. The van der Waals surface area contributed by atoms with Crippen LogP contribution in [-0.2, 0) is 11.3 Å². The molecule has 1 fully saturated rings. The van der Waals surface area contributed by atoms with Crippen LogP contribution in [0.2, 0.25) is 0 Å². The molecule has 1 N–H and O–H groups in total. The number of amides is 2. The number of nitrogens with zero attached hydrogens (tertiary/aromatic N) is 2. The van der Waals surface area contributed by atoms with E-state index in [0.717, 1.165) is 29.9 Å². The average Bonchev–Trinajstić information content (AvgIpc) is 3.18. The van der Waals surface area contributed by atoms with E-state index in [1.165, 1.54) is 0 Å². The quantitative estimate of drug-likeness (QED) is 0.937. The number of ether oxygens (including phenoxy) is 1. The van der Waals surface area contributed by atoms with Gasteiger partial charge in [0.1, 0.15) is 23.9 Å². The summed E-state index contributed by atoms with van der Waals surface area (Å²) in [5, 5.41) is 2.89. The number of nitrogens with one attached hydrogen (secondary N) is 1. The molecule has 0 saturated carbocycles. The Morgan fingerprint density at radius 3 is 3.13 bits per heavy atom. The first-order valence-electron chi connectivity index (χ1n) is 7.76. The second-order valence-corrected chi connectivity index (χ2v) is 5.69. The predicted molar refractivity (Wildman–Crippen MR) is 86.1 cm³/mol. The van der Waals surface area contributed by atoms with Gasteiger partial charge in [-0.15, -0.1) is 0 Å². The molecule has 0 bridgehead atoms.